The van der Waals surface area contributed by atoms with Gasteiger partial charge in [0, 0.05) is 16.6 Å². The van der Waals surface area contributed by atoms with Gasteiger partial charge in [-0.3, -0.25) is 4.79 Å². The number of carbonyl (C=O) groups is 1. The van der Waals surface area contributed by atoms with Crippen molar-refractivity contribution in [3.63, 3.8) is 0 Å². The van der Waals surface area contributed by atoms with Gasteiger partial charge >= 0.3 is 0 Å². The van der Waals surface area contributed by atoms with Crippen LogP contribution in [0.2, 0.25) is 0 Å². The van der Waals surface area contributed by atoms with Gasteiger partial charge in [0.15, 0.2) is 0 Å². The highest BCUT2D eigenvalue weighted by molar-refractivity contribution is 9.09. The van der Waals surface area contributed by atoms with Crippen LogP contribution < -0.4 is 5.32 Å². The minimum absolute atomic E-state index is 0.139. The molecule has 0 bridgehead atoms. The molecule has 0 aromatic heterocycles. The van der Waals surface area contributed by atoms with Gasteiger partial charge < -0.3 is 5.32 Å². The quantitative estimate of drug-likeness (QED) is 0.705. The minimum Gasteiger partial charge on any atom is -0.349 e. The first kappa shape index (κ1) is 15.4. The zero-order valence-corrected chi connectivity index (χ0v) is 12.9. The van der Waals surface area contributed by atoms with Crippen LogP contribution in [-0.2, 0) is 4.79 Å². The van der Waals surface area contributed by atoms with Crippen LogP contribution in [0.15, 0.2) is 0 Å². The highest BCUT2D eigenvalue weighted by Crippen LogP contribution is 2.19. The molecule has 0 aliphatic heterocycles. The molecule has 2 nitrogen and oxygen atoms in total. The van der Waals surface area contributed by atoms with Gasteiger partial charge in [0.25, 0.3) is 0 Å². The first-order chi connectivity index (χ1) is 7.09. The van der Waals surface area contributed by atoms with Crippen molar-refractivity contribution < 1.29 is 4.79 Å². The molecule has 0 unspecified atom stereocenters. The summed E-state index contributed by atoms with van der Waals surface area (Å²) in [5, 5.41) is 4.72. The van der Waals surface area contributed by atoms with E-state index in [0.29, 0.717) is 0 Å². The van der Waals surface area contributed by atoms with Crippen molar-refractivity contribution in [1.29, 1.82) is 0 Å². The molecular weight excluding hydrogens is 322 g/mol. The van der Waals surface area contributed by atoms with E-state index in [0.717, 1.165) is 29.9 Å². The number of hydrogen-bond acceptors (Lipinski definition) is 1. The highest BCUT2D eigenvalue weighted by Gasteiger charge is 2.29. The first-order valence-electron chi connectivity index (χ1n) is 5.53. The van der Waals surface area contributed by atoms with Crippen LogP contribution in [0.3, 0.4) is 0 Å². The SMILES string of the molecule is CCC(CC)C(=O)NC(CC)(CBr)CBr. The highest BCUT2D eigenvalue weighted by atomic mass is 79.9. The summed E-state index contributed by atoms with van der Waals surface area (Å²) in [6.07, 6.45) is 2.74. The molecule has 0 saturated heterocycles. The van der Waals surface area contributed by atoms with E-state index < -0.39 is 0 Å². The van der Waals surface area contributed by atoms with Crippen molar-refractivity contribution >= 4 is 37.8 Å². The molecule has 0 fully saturated rings. The molecule has 15 heavy (non-hydrogen) atoms. The Morgan fingerprint density at radius 3 is 1.93 bits per heavy atom. The van der Waals surface area contributed by atoms with Crippen LogP contribution in [0.4, 0.5) is 0 Å². The predicted octanol–water partition coefficient (Wildman–Crippen LogP) is 3.48. The van der Waals surface area contributed by atoms with E-state index in [1.165, 1.54) is 0 Å². The molecule has 0 aliphatic carbocycles. The Kier molecular flexibility index (Phi) is 7.88. The van der Waals surface area contributed by atoms with Gasteiger partial charge in [0.1, 0.15) is 0 Å². The molecule has 90 valence electrons. The Bertz CT molecular complexity index is 181. The fourth-order valence-corrected chi connectivity index (χ4v) is 3.40. The third-order valence-electron chi connectivity index (χ3n) is 2.93. The number of rotatable bonds is 7. The van der Waals surface area contributed by atoms with Gasteiger partial charge in [0.05, 0.1) is 5.54 Å². The monoisotopic (exact) mass is 341 g/mol. The maximum absolute atomic E-state index is 11.9. The van der Waals surface area contributed by atoms with Crippen LogP contribution in [0.1, 0.15) is 40.0 Å². The van der Waals surface area contributed by atoms with Gasteiger partial charge in [-0.1, -0.05) is 52.6 Å². The number of amides is 1. The number of nitrogens with one attached hydrogen (secondary N) is 1. The summed E-state index contributed by atoms with van der Waals surface area (Å²) in [5.74, 6) is 0.328. The number of hydrogen-bond donors (Lipinski definition) is 1. The van der Waals surface area contributed by atoms with Crippen LogP contribution in [0.5, 0.6) is 0 Å². The molecule has 0 aliphatic rings. The molecule has 0 atom stereocenters. The summed E-state index contributed by atoms with van der Waals surface area (Å²) >= 11 is 6.94. The first-order valence-corrected chi connectivity index (χ1v) is 7.77. The van der Waals surface area contributed by atoms with Gasteiger partial charge in [-0.2, -0.15) is 0 Å². The van der Waals surface area contributed by atoms with Crippen molar-refractivity contribution in [2.75, 3.05) is 10.7 Å². The third-order valence-corrected chi connectivity index (χ3v) is 5.08. The second kappa shape index (κ2) is 7.66. The van der Waals surface area contributed by atoms with Crippen molar-refractivity contribution in [3.05, 3.63) is 0 Å². The molecule has 0 heterocycles. The smallest absolute Gasteiger partial charge is 0.223 e. The molecule has 4 heteroatoms. The van der Waals surface area contributed by atoms with Crippen molar-refractivity contribution in [2.45, 2.75) is 45.6 Å². The van der Waals surface area contributed by atoms with E-state index in [1.807, 2.05) is 0 Å². The van der Waals surface area contributed by atoms with Gasteiger partial charge in [-0.05, 0) is 19.3 Å². The molecule has 1 amide bonds. The van der Waals surface area contributed by atoms with Crippen molar-refractivity contribution in [1.82, 2.24) is 5.32 Å². The van der Waals surface area contributed by atoms with E-state index in [4.69, 9.17) is 0 Å². The molecule has 0 spiro atoms. The van der Waals surface area contributed by atoms with E-state index in [1.54, 1.807) is 0 Å². The Balaban J connectivity index is 4.46. The fraction of sp³-hybridized carbons (Fsp3) is 0.909. The Morgan fingerprint density at radius 1 is 1.20 bits per heavy atom. The lowest BCUT2D eigenvalue weighted by atomic mass is 9.97. The van der Waals surface area contributed by atoms with E-state index in [9.17, 15) is 4.79 Å². The maximum atomic E-state index is 11.9. The van der Waals surface area contributed by atoms with Gasteiger partial charge in [-0.25, -0.2) is 0 Å². The van der Waals surface area contributed by atoms with Crippen LogP contribution >= 0.6 is 31.9 Å². The maximum Gasteiger partial charge on any atom is 0.223 e. The summed E-state index contributed by atoms with van der Waals surface area (Å²) in [7, 11) is 0. The van der Waals surface area contributed by atoms with Crippen molar-refractivity contribution in [3.8, 4) is 0 Å². The van der Waals surface area contributed by atoms with E-state index in [2.05, 4.69) is 57.9 Å². The van der Waals surface area contributed by atoms with Crippen molar-refractivity contribution in [2.24, 2.45) is 5.92 Å². The lowest BCUT2D eigenvalue weighted by Gasteiger charge is -2.31. The molecule has 0 aromatic carbocycles. The fourth-order valence-electron chi connectivity index (χ4n) is 1.40. The summed E-state index contributed by atoms with van der Waals surface area (Å²) in [4.78, 5) is 11.9. The summed E-state index contributed by atoms with van der Waals surface area (Å²) in [6.45, 7) is 6.21. The average molecular weight is 343 g/mol. The topological polar surface area (TPSA) is 29.1 Å². The summed E-state index contributed by atoms with van der Waals surface area (Å²) < 4.78 is 0. The summed E-state index contributed by atoms with van der Waals surface area (Å²) in [6, 6.07) is 0. The number of carbonyl (C=O) groups excluding carboxylic acids is 1. The van der Waals surface area contributed by atoms with Gasteiger partial charge in [0.2, 0.25) is 5.91 Å². The number of halogens is 2. The summed E-state index contributed by atoms with van der Waals surface area (Å²) in [5.41, 5.74) is -0.139. The molecule has 0 radical (unpaired) electrons. The lowest BCUT2D eigenvalue weighted by Crippen LogP contribution is -2.52. The second-order valence-electron chi connectivity index (χ2n) is 3.90. The van der Waals surface area contributed by atoms with E-state index in [-0.39, 0.29) is 17.4 Å². The Hall–Kier alpha value is 0.430. The van der Waals surface area contributed by atoms with Crippen LogP contribution in [0, 0.1) is 5.92 Å². The zero-order valence-electron chi connectivity index (χ0n) is 9.78. The van der Waals surface area contributed by atoms with E-state index >= 15 is 0 Å². The predicted molar refractivity (Wildman–Crippen MR) is 72.8 cm³/mol. The molecular formula is C11H21Br2NO. The Morgan fingerprint density at radius 2 is 1.67 bits per heavy atom. The average Bonchev–Trinajstić information content (AvgIpc) is 2.28. The number of alkyl halides is 2. The standard InChI is InChI=1S/C11H21Br2NO/c1-4-9(5-2)10(15)14-11(6-3,7-12)8-13/h9H,4-8H2,1-3H3,(H,14,15). The molecule has 0 saturated carbocycles. The minimum atomic E-state index is -0.139. The normalized spacial score (nSPS) is 11.9. The molecule has 0 rings (SSSR count). The Labute approximate surface area is 110 Å². The van der Waals surface area contributed by atoms with Gasteiger partial charge in [-0.15, -0.1) is 0 Å². The molecule has 1 N–H and O–H groups in total. The largest absolute Gasteiger partial charge is 0.349 e. The van der Waals surface area contributed by atoms with Crippen LogP contribution in [0.25, 0.3) is 0 Å². The molecule has 0 aromatic rings. The zero-order chi connectivity index (χ0) is 11.9. The van der Waals surface area contributed by atoms with Crippen LogP contribution in [-0.4, -0.2) is 22.1 Å². The second-order valence-corrected chi connectivity index (χ2v) is 5.03. The third kappa shape index (κ3) is 4.43. The lowest BCUT2D eigenvalue weighted by molar-refractivity contribution is -0.126.